The maximum absolute atomic E-state index is 11.9. The third-order valence-electron chi connectivity index (χ3n) is 4.37. The molecule has 0 N–H and O–H groups in total. The Morgan fingerprint density at radius 1 is 1.15 bits per heavy atom. The molecule has 0 aliphatic carbocycles. The number of nitrogens with zero attached hydrogens (tertiary/aromatic N) is 1. The van der Waals surface area contributed by atoms with Crippen LogP contribution in [0.5, 0.6) is 0 Å². The number of halogens is 2. The maximum Gasteiger partial charge on any atom is 0.331 e. The SMILES string of the molecule is O=C1C=C[C@@](Cc2ccccc2)([C@H](C[N+](=O)[O-])c2ccc(Cl)cc2Cl)O1. The first kappa shape index (κ1) is 18.4. The van der Waals surface area contributed by atoms with Crippen LogP contribution in [-0.2, 0) is 16.0 Å². The van der Waals surface area contributed by atoms with Gasteiger partial charge in [-0.15, -0.1) is 0 Å². The molecule has 134 valence electrons. The zero-order chi connectivity index (χ0) is 18.7. The minimum Gasteiger partial charge on any atom is -0.450 e. The number of rotatable bonds is 6. The lowest BCUT2D eigenvalue weighted by molar-refractivity contribution is -0.486. The summed E-state index contributed by atoms with van der Waals surface area (Å²) in [5.41, 5.74) is 0.219. The molecule has 1 aliphatic heterocycles. The van der Waals surface area contributed by atoms with Crippen LogP contribution >= 0.6 is 23.2 Å². The van der Waals surface area contributed by atoms with E-state index in [0.29, 0.717) is 22.0 Å². The Kier molecular flexibility index (Phi) is 5.30. The highest BCUT2D eigenvalue weighted by Gasteiger charge is 2.47. The van der Waals surface area contributed by atoms with E-state index in [0.717, 1.165) is 5.56 Å². The molecule has 1 heterocycles. The number of cyclic esters (lactones) is 1. The number of hydrogen-bond acceptors (Lipinski definition) is 4. The molecule has 0 bridgehead atoms. The van der Waals surface area contributed by atoms with Crippen molar-refractivity contribution in [1.82, 2.24) is 0 Å². The van der Waals surface area contributed by atoms with Crippen LogP contribution in [0.3, 0.4) is 0 Å². The molecule has 26 heavy (non-hydrogen) atoms. The fraction of sp³-hybridized carbons (Fsp3) is 0.211. The van der Waals surface area contributed by atoms with Gasteiger partial charge in [-0.2, -0.15) is 0 Å². The molecule has 2 aromatic rings. The smallest absolute Gasteiger partial charge is 0.331 e. The highest BCUT2D eigenvalue weighted by Crippen LogP contribution is 2.42. The fourth-order valence-corrected chi connectivity index (χ4v) is 3.77. The van der Waals surface area contributed by atoms with Crippen molar-refractivity contribution in [2.75, 3.05) is 6.54 Å². The number of nitro groups is 1. The predicted molar refractivity (Wildman–Crippen MR) is 99.2 cm³/mol. The molecule has 0 saturated carbocycles. The summed E-state index contributed by atoms with van der Waals surface area (Å²) < 4.78 is 5.61. The summed E-state index contributed by atoms with van der Waals surface area (Å²) in [5.74, 6) is -1.29. The van der Waals surface area contributed by atoms with E-state index in [9.17, 15) is 14.9 Å². The minimum absolute atomic E-state index is 0.299. The number of carbonyl (C=O) groups is 1. The summed E-state index contributed by atoms with van der Waals surface area (Å²) >= 11 is 12.3. The topological polar surface area (TPSA) is 69.4 Å². The molecule has 1 aliphatic rings. The molecule has 0 unspecified atom stereocenters. The zero-order valence-corrected chi connectivity index (χ0v) is 15.1. The maximum atomic E-state index is 11.9. The summed E-state index contributed by atoms with van der Waals surface area (Å²) in [6.07, 6.45) is 3.20. The summed E-state index contributed by atoms with van der Waals surface area (Å²) in [6, 6.07) is 14.2. The number of carbonyl (C=O) groups excluding carboxylic acids is 1. The van der Waals surface area contributed by atoms with Gasteiger partial charge in [0.2, 0.25) is 6.54 Å². The molecule has 0 amide bonds. The highest BCUT2D eigenvalue weighted by molar-refractivity contribution is 6.35. The Labute approximate surface area is 160 Å². The highest BCUT2D eigenvalue weighted by atomic mass is 35.5. The standard InChI is InChI=1S/C19H15Cl2NO4/c20-14-6-7-15(17(21)10-14)16(12-22(24)25)19(9-8-18(23)26-19)11-13-4-2-1-3-5-13/h1-10,16H,11-12H2/t16-,19-/m1/s1. The van der Waals surface area contributed by atoms with Gasteiger partial charge in [-0.1, -0.05) is 59.6 Å². The normalized spacial score (nSPS) is 20.0. The van der Waals surface area contributed by atoms with E-state index in [2.05, 4.69) is 0 Å². The van der Waals surface area contributed by atoms with Crippen molar-refractivity contribution in [1.29, 1.82) is 0 Å². The first-order chi connectivity index (χ1) is 12.4. The first-order valence-electron chi connectivity index (χ1n) is 7.92. The van der Waals surface area contributed by atoms with Crippen molar-refractivity contribution < 1.29 is 14.5 Å². The second-order valence-electron chi connectivity index (χ2n) is 6.11. The molecule has 0 saturated heterocycles. The van der Waals surface area contributed by atoms with Crippen LogP contribution in [0.15, 0.2) is 60.7 Å². The van der Waals surface area contributed by atoms with Crippen molar-refractivity contribution in [3.8, 4) is 0 Å². The molecule has 2 aromatic carbocycles. The van der Waals surface area contributed by atoms with E-state index in [-0.39, 0.29) is 0 Å². The van der Waals surface area contributed by atoms with E-state index in [4.69, 9.17) is 27.9 Å². The van der Waals surface area contributed by atoms with Crippen molar-refractivity contribution in [3.63, 3.8) is 0 Å². The van der Waals surface area contributed by atoms with Gasteiger partial charge in [0.15, 0.2) is 0 Å². The monoisotopic (exact) mass is 391 g/mol. The third-order valence-corrected chi connectivity index (χ3v) is 4.94. The van der Waals surface area contributed by atoms with Crippen molar-refractivity contribution in [2.24, 2.45) is 0 Å². The summed E-state index contributed by atoms with van der Waals surface area (Å²) in [5, 5.41) is 12.1. The molecular weight excluding hydrogens is 377 g/mol. The Balaban J connectivity index is 2.09. The van der Waals surface area contributed by atoms with Crippen molar-refractivity contribution >= 4 is 29.2 Å². The molecule has 5 nitrogen and oxygen atoms in total. The second kappa shape index (κ2) is 7.48. The van der Waals surface area contributed by atoms with Gasteiger partial charge in [0.25, 0.3) is 0 Å². The fourth-order valence-electron chi connectivity index (χ4n) is 3.23. The van der Waals surface area contributed by atoms with Crippen molar-refractivity contribution in [2.45, 2.75) is 17.9 Å². The van der Waals surface area contributed by atoms with E-state index >= 15 is 0 Å². The Morgan fingerprint density at radius 3 is 2.46 bits per heavy atom. The third kappa shape index (κ3) is 3.89. The van der Waals surface area contributed by atoms with E-state index in [1.807, 2.05) is 30.3 Å². The van der Waals surface area contributed by atoms with Gasteiger partial charge in [0.05, 0.1) is 5.92 Å². The Hall–Kier alpha value is -2.37. The summed E-state index contributed by atoms with van der Waals surface area (Å²) in [6.45, 7) is -0.439. The van der Waals surface area contributed by atoms with Crippen LogP contribution in [0.2, 0.25) is 10.0 Å². The Bertz CT molecular complexity index is 869. The van der Waals surface area contributed by atoms with E-state index in [1.165, 1.54) is 12.1 Å². The molecule has 0 spiro atoms. The second-order valence-corrected chi connectivity index (χ2v) is 6.95. The van der Waals surface area contributed by atoms with Gasteiger partial charge in [-0.25, -0.2) is 4.79 Å². The van der Waals surface area contributed by atoms with Crippen LogP contribution in [0.25, 0.3) is 0 Å². The zero-order valence-electron chi connectivity index (χ0n) is 13.6. The van der Waals surface area contributed by atoms with Crippen LogP contribution in [-0.4, -0.2) is 23.0 Å². The number of benzene rings is 2. The summed E-state index contributed by atoms with van der Waals surface area (Å²) in [7, 11) is 0. The Morgan fingerprint density at radius 2 is 1.88 bits per heavy atom. The lowest BCUT2D eigenvalue weighted by Crippen LogP contribution is -2.41. The minimum atomic E-state index is -1.19. The largest absolute Gasteiger partial charge is 0.450 e. The van der Waals surface area contributed by atoms with Crippen LogP contribution in [0, 0.1) is 10.1 Å². The van der Waals surface area contributed by atoms with Gasteiger partial charge < -0.3 is 4.74 Å². The average Bonchev–Trinajstić information content (AvgIpc) is 2.96. The van der Waals surface area contributed by atoms with Crippen LogP contribution in [0.4, 0.5) is 0 Å². The number of hydrogen-bond donors (Lipinski definition) is 0. The summed E-state index contributed by atoms with van der Waals surface area (Å²) in [4.78, 5) is 22.8. The molecule has 0 aromatic heterocycles. The lowest BCUT2D eigenvalue weighted by Gasteiger charge is -2.34. The molecular formula is C19H15Cl2NO4. The van der Waals surface area contributed by atoms with Crippen LogP contribution < -0.4 is 0 Å². The van der Waals surface area contributed by atoms with Gasteiger partial charge in [-0.05, 0) is 29.3 Å². The number of ether oxygens (including phenoxy) is 1. The molecule has 2 atom stereocenters. The van der Waals surface area contributed by atoms with Gasteiger partial charge in [-0.3, -0.25) is 10.1 Å². The average molecular weight is 392 g/mol. The van der Waals surface area contributed by atoms with Gasteiger partial charge in [0.1, 0.15) is 5.60 Å². The lowest BCUT2D eigenvalue weighted by atomic mass is 9.78. The quantitative estimate of drug-likeness (QED) is 0.414. The first-order valence-corrected chi connectivity index (χ1v) is 8.68. The molecule has 0 fully saturated rings. The van der Waals surface area contributed by atoms with E-state index in [1.54, 1.807) is 18.2 Å². The molecule has 3 rings (SSSR count). The van der Waals surface area contributed by atoms with Gasteiger partial charge in [0, 0.05) is 27.5 Å². The molecule has 0 radical (unpaired) electrons. The van der Waals surface area contributed by atoms with Crippen molar-refractivity contribution in [3.05, 3.63) is 92.0 Å². The predicted octanol–water partition coefficient (Wildman–Crippen LogP) is 4.45. The number of esters is 1. The van der Waals surface area contributed by atoms with E-state index < -0.39 is 29.0 Å². The molecule has 7 heteroatoms. The van der Waals surface area contributed by atoms with Gasteiger partial charge >= 0.3 is 5.97 Å². The van der Waals surface area contributed by atoms with Crippen LogP contribution in [0.1, 0.15) is 17.0 Å².